The molecule has 0 spiro atoms. The molecule has 0 saturated carbocycles. The molecular weight excluding hydrogens is 465 g/mol. The molecule has 1 N–H and O–H groups in total. The first-order chi connectivity index (χ1) is 17.5. The summed E-state index contributed by atoms with van der Waals surface area (Å²) >= 11 is 0. The minimum absolute atomic E-state index is 0.208. The average molecular weight is 496 g/mol. The van der Waals surface area contributed by atoms with Gasteiger partial charge in [-0.2, -0.15) is 4.98 Å². The Kier molecular flexibility index (Phi) is 8.04. The second kappa shape index (κ2) is 11.6. The molecule has 190 valence electrons. The van der Waals surface area contributed by atoms with Crippen molar-refractivity contribution in [1.29, 1.82) is 0 Å². The van der Waals surface area contributed by atoms with Crippen molar-refractivity contribution in [1.82, 2.24) is 15.3 Å². The van der Waals surface area contributed by atoms with Gasteiger partial charge in [-0.1, -0.05) is 18.2 Å². The molecule has 1 amide bonds. The fourth-order valence-electron chi connectivity index (χ4n) is 4.13. The van der Waals surface area contributed by atoms with E-state index >= 15 is 0 Å². The fourth-order valence-corrected chi connectivity index (χ4v) is 4.13. The van der Waals surface area contributed by atoms with Crippen LogP contribution in [0.15, 0.2) is 48.7 Å². The molecule has 1 fully saturated rings. The summed E-state index contributed by atoms with van der Waals surface area (Å²) in [4.78, 5) is 25.7. The number of nitrogens with one attached hydrogen (secondary N) is 1. The van der Waals surface area contributed by atoms with Crippen molar-refractivity contribution in [3.8, 4) is 17.4 Å². The van der Waals surface area contributed by atoms with Crippen molar-refractivity contribution in [2.45, 2.75) is 6.42 Å². The molecule has 0 atom stereocenters. The quantitative estimate of drug-likeness (QED) is 0.485. The Morgan fingerprint density at radius 3 is 2.39 bits per heavy atom. The molecule has 0 unspecified atom stereocenters. The van der Waals surface area contributed by atoms with Gasteiger partial charge in [-0.25, -0.2) is 9.37 Å². The highest BCUT2D eigenvalue weighted by Crippen LogP contribution is 2.28. The zero-order valence-corrected chi connectivity index (χ0v) is 20.7. The first kappa shape index (κ1) is 25.0. The van der Waals surface area contributed by atoms with Crippen molar-refractivity contribution in [3.05, 3.63) is 65.6 Å². The molecule has 9 nitrogen and oxygen atoms in total. The summed E-state index contributed by atoms with van der Waals surface area (Å²) < 4.78 is 30.1. The Labute approximate surface area is 209 Å². The Bertz CT molecular complexity index is 1200. The highest BCUT2D eigenvalue weighted by atomic mass is 19.1. The Balaban J connectivity index is 1.35. The van der Waals surface area contributed by atoms with Crippen LogP contribution in [-0.4, -0.2) is 69.9 Å². The largest absolute Gasteiger partial charge is 0.493 e. The number of halogens is 1. The maximum atomic E-state index is 14.1. The van der Waals surface area contributed by atoms with Crippen molar-refractivity contribution in [2.75, 3.05) is 63.9 Å². The van der Waals surface area contributed by atoms with E-state index in [1.165, 1.54) is 19.4 Å². The molecule has 3 aromatic rings. The van der Waals surface area contributed by atoms with Gasteiger partial charge in [-0.05, 0) is 36.2 Å². The zero-order valence-electron chi connectivity index (χ0n) is 20.7. The Hall–Kier alpha value is -4.08. The maximum absolute atomic E-state index is 14.1. The van der Waals surface area contributed by atoms with E-state index in [-0.39, 0.29) is 23.2 Å². The standard InChI is InChI=1S/C26H30FN5O4/c1-34-22-9-8-18(16-23(22)35-2)10-11-28-24(33)19-17-29-26(30-25(19)36-3)32-14-12-31(13-15-32)21-7-5-4-6-20(21)27/h4-9,16-17H,10-15H2,1-3H3,(H,28,33). The van der Waals surface area contributed by atoms with Crippen molar-refractivity contribution in [2.24, 2.45) is 0 Å². The van der Waals surface area contributed by atoms with Crippen molar-refractivity contribution in [3.63, 3.8) is 0 Å². The number of benzene rings is 2. The van der Waals surface area contributed by atoms with E-state index in [9.17, 15) is 9.18 Å². The number of anilines is 2. The van der Waals surface area contributed by atoms with Gasteiger partial charge in [0.1, 0.15) is 11.4 Å². The summed E-state index contributed by atoms with van der Waals surface area (Å²) in [7, 11) is 4.65. The topological polar surface area (TPSA) is 89.1 Å². The lowest BCUT2D eigenvalue weighted by Crippen LogP contribution is -2.47. The van der Waals surface area contributed by atoms with Crippen LogP contribution in [0.2, 0.25) is 0 Å². The SMILES string of the molecule is COc1ccc(CCNC(=O)c2cnc(N3CCN(c4ccccc4F)CC3)nc2OC)cc1OC. The van der Waals surface area contributed by atoms with Crippen LogP contribution in [0.5, 0.6) is 17.4 Å². The molecule has 0 bridgehead atoms. The monoisotopic (exact) mass is 495 g/mol. The lowest BCUT2D eigenvalue weighted by atomic mass is 10.1. The van der Waals surface area contributed by atoms with Crippen molar-refractivity contribution >= 4 is 17.5 Å². The zero-order chi connectivity index (χ0) is 25.5. The predicted molar refractivity (Wildman–Crippen MR) is 135 cm³/mol. The number of amides is 1. The van der Waals surface area contributed by atoms with Gasteiger partial charge in [0, 0.05) is 38.9 Å². The summed E-state index contributed by atoms with van der Waals surface area (Å²) in [5.74, 6) is 1.43. The first-order valence-corrected chi connectivity index (χ1v) is 11.7. The van der Waals surface area contributed by atoms with E-state index in [0.29, 0.717) is 62.3 Å². The van der Waals surface area contributed by atoms with Crippen molar-refractivity contribution < 1.29 is 23.4 Å². The second-order valence-electron chi connectivity index (χ2n) is 8.21. The number of nitrogens with zero attached hydrogens (tertiary/aromatic N) is 4. The van der Waals surface area contributed by atoms with Crippen LogP contribution >= 0.6 is 0 Å². The highest BCUT2D eigenvalue weighted by molar-refractivity contribution is 5.96. The van der Waals surface area contributed by atoms with Gasteiger partial charge in [0.15, 0.2) is 11.5 Å². The van der Waals surface area contributed by atoms with E-state index < -0.39 is 0 Å². The summed E-state index contributed by atoms with van der Waals surface area (Å²) in [6.07, 6.45) is 2.09. The van der Waals surface area contributed by atoms with Crippen LogP contribution in [0.25, 0.3) is 0 Å². The van der Waals surface area contributed by atoms with Gasteiger partial charge in [0.25, 0.3) is 5.91 Å². The van der Waals surface area contributed by atoms with Crippen LogP contribution in [0.3, 0.4) is 0 Å². The summed E-state index contributed by atoms with van der Waals surface area (Å²) in [5.41, 5.74) is 1.86. The van der Waals surface area contributed by atoms with Crippen LogP contribution in [0.4, 0.5) is 16.0 Å². The normalized spacial score (nSPS) is 13.3. The number of carbonyl (C=O) groups is 1. The molecule has 36 heavy (non-hydrogen) atoms. The van der Waals surface area contributed by atoms with E-state index in [1.807, 2.05) is 34.1 Å². The predicted octanol–water partition coefficient (Wildman–Crippen LogP) is 2.94. The van der Waals surface area contributed by atoms with Crippen LogP contribution in [-0.2, 0) is 6.42 Å². The molecule has 0 radical (unpaired) electrons. The average Bonchev–Trinajstić information content (AvgIpc) is 2.93. The van der Waals surface area contributed by atoms with Gasteiger partial charge < -0.3 is 29.3 Å². The van der Waals surface area contributed by atoms with Gasteiger partial charge >= 0.3 is 0 Å². The molecule has 0 aliphatic carbocycles. The van der Waals surface area contributed by atoms with E-state index in [1.54, 1.807) is 26.4 Å². The summed E-state index contributed by atoms with van der Waals surface area (Å²) in [5, 5.41) is 2.89. The van der Waals surface area contributed by atoms with Gasteiger partial charge in [0.2, 0.25) is 11.8 Å². The molecule has 2 heterocycles. The third-order valence-corrected chi connectivity index (χ3v) is 6.08. The molecule has 10 heteroatoms. The van der Waals surface area contributed by atoms with Gasteiger partial charge in [-0.3, -0.25) is 4.79 Å². The molecule has 1 aromatic heterocycles. The third-order valence-electron chi connectivity index (χ3n) is 6.08. The molecule has 4 rings (SSSR count). The minimum Gasteiger partial charge on any atom is -0.493 e. The molecule has 1 saturated heterocycles. The lowest BCUT2D eigenvalue weighted by molar-refractivity contribution is 0.0950. The van der Waals surface area contributed by atoms with Gasteiger partial charge in [-0.15, -0.1) is 0 Å². The number of piperazine rings is 1. The first-order valence-electron chi connectivity index (χ1n) is 11.7. The van der Waals surface area contributed by atoms with Crippen LogP contribution in [0, 0.1) is 5.82 Å². The second-order valence-corrected chi connectivity index (χ2v) is 8.21. The number of aromatic nitrogens is 2. The van der Waals surface area contributed by atoms with E-state index in [0.717, 1.165) is 5.56 Å². The molecule has 1 aliphatic rings. The number of methoxy groups -OCH3 is 3. The highest BCUT2D eigenvalue weighted by Gasteiger charge is 2.23. The van der Waals surface area contributed by atoms with Gasteiger partial charge in [0.05, 0.1) is 27.0 Å². The summed E-state index contributed by atoms with van der Waals surface area (Å²) in [6.45, 7) is 2.91. The summed E-state index contributed by atoms with van der Waals surface area (Å²) in [6, 6.07) is 12.4. The van der Waals surface area contributed by atoms with Crippen LogP contribution < -0.4 is 29.3 Å². The smallest absolute Gasteiger partial charge is 0.258 e. The number of hydrogen-bond acceptors (Lipinski definition) is 8. The molecule has 2 aromatic carbocycles. The lowest BCUT2D eigenvalue weighted by Gasteiger charge is -2.36. The van der Waals surface area contributed by atoms with Crippen LogP contribution in [0.1, 0.15) is 15.9 Å². The number of rotatable bonds is 9. The van der Waals surface area contributed by atoms with E-state index in [4.69, 9.17) is 14.2 Å². The third kappa shape index (κ3) is 5.59. The minimum atomic E-state index is -0.316. The molecule has 1 aliphatic heterocycles. The maximum Gasteiger partial charge on any atom is 0.258 e. The van der Waals surface area contributed by atoms with E-state index in [2.05, 4.69) is 15.3 Å². The Morgan fingerprint density at radius 1 is 0.972 bits per heavy atom. The molecular formula is C26H30FN5O4. The number of para-hydroxylation sites is 1. The Morgan fingerprint density at radius 2 is 1.69 bits per heavy atom. The number of ether oxygens (including phenoxy) is 3. The fraction of sp³-hybridized carbons (Fsp3) is 0.346. The number of hydrogen-bond donors (Lipinski definition) is 1. The number of carbonyl (C=O) groups excluding carboxylic acids is 1.